The van der Waals surface area contributed by atoms with Crippen molar-refractivity contribution in [3.8, 4) is 0 Å². The van der Waals surface area contributed by atoms with E-state index in [2.05, 4.69) is 0 Å². The van der Waals surface area contributed by atoms with Crippen LogP contribution in [0.2, 0.25) is 0 Å². The van der Waals surface area contributed by atoms with E-state index in [0.29, 0.717) is 0 Å². The molecule has 0 saturated heterocycles. The van der Waals surface area contributed by atoms with E-state index in [9.17, 15) is 0 Å². The Morgan fingerprint density at radius 3 is 1.33 bits per heavy atom. The van der Waals surface area contributed by atoms with Crippen LogP contribution < -0.4 is 0 Å². The summed E-state index contributed by atoms with van der Waals surface area (Å²) in [4.78, 5) is 0. The molecule has 0 aliphatic carbocycles. The molecule has 0 aliphatic heterocycles. The first-order valence-electron chi connectivity index (χ1n) is 0.565. The molecule has 0 fully saturated rings. The Morgan fingerprint density at radius 2 is 1.33 bits per heavy atom. The van der Waals surface area contributed by atoms with E-state index in [1.807, 2.05) is 0 Å². The zero-order chi connectivity index (χ0) is 3.58. The summed E-state index contributed by atoms with van der Waals surface area (Å²) in [7, 11) is -3.12. The van der Waals surface area contributed by atoms with Gasteiger partial charge < -0.3 is 0 Å². The van der Waals surface area contributed by atoms with Gasteiger partial charge in [-0.05, 0) is 0 Å². The fraction of sp³-hybridized carbons (Fsp3) is 0. The summed E-state index contributed by atoms with van der Waals surface area (Å²) < 4.78 is 24.2. The molecule has 0 rings (SSSR count). The van der Waals surface area contributed by atoms with Gasteiger partial charge in [0.1, 0.15) is 0 Å². The second-order valence-corrected chi connectivity index (χ2v) is 0.714. The average molecular weight is 150 g/mol. The predicted octanol–water partition coefficient (Wildman–Crippen LogP) is -2.76. The van der Waals surface area contributed by atoms with Crippen LogP contribution in [0, 0.1) is 0 Å². The minimum absolute atomic E-state index is 0. The Morgan fingerprint density at radius 1 is 1.33 bits per heavy atom. The topological polar surface area (TPSA) is 54.4 Å². The zero-order valence-corrected chi connectivity index (χ0v) is 2.61. The molecular formula is H6CaMgO3S. The summed E-state index contributed by atoms with van der Waals surface area (Å²) in [6.07, 6.45) is 0. The maximum atomic E-state index is 8.59. The van der Waals surface area contributed by atoms with Crippen LogP contribution in [0.3, 0.4) is 0 Å². The molecule has 0 aromatic heterocycles. The SMILES string of the molecule is O=[SH](=O)O.[CaH2].[MgH2]. The molecular weight excluding hydrogens is 144 g/mol. The smallest absolute Gasteiger partial charge is 0.316 e. The van der Waals surface area contributed by atoms with Gasteiger partial charge in [-0.25, -0.2) is 8.42 Å². The van der Waals surface area contributed by atoms with Crippen molar-refractivity contribution in [2.45, 2.75) is 0 Å². The minimum Gasteiger partial charge on any atom is 0.316 e. The first-order chi connectivity index (χ1) is 1.73. The van der Waals surface area contributed by atoms with Crippen LogP contribution >= 0.6 is 0 Å². The van der Waals surface area contributed by atoms with Gasteiger partial charge in [0, 0.05) is 0 Å². The molecule has 0 amide bonds. The largest absolute Gasteiger partial charge is 0.316 e. The normalized spacial score (nSPS) is 5.67. The van der Waals surface area contributed by atoms with E-state index in [-0.39, 0.29) is 60.8 Å². The molecule has 0 atom stereocenters. The first-order valence-corrected chi connectivity index (χ1v) is 1.70. The van der Waals surface area contributed by atoms with Gasteiger partial charge in [0.05, 0.1) is 0 Å². The van der Waals surface area contributed by atoms with Crippen LogP contribution in [0.25, 0.3) is 0 Å². The van der Waals surface area contributed by atoms with Crippen LogP contribution in [0.4, 0.5) is 0 Å². The monoisotopic (exact) mass is 150 g/mol. The van der Waals surface area contributed by atoms with Crippen molar-refractivity contribution in [1.29, 1.82) is 0 Å². The summed E-state index contributed by atoms with van der Waals surface area (Å²) in [6.45, 7) is 0. The Labute approximate surface area is 83.4 Å². The predicted molar refractivity (Wildman–Crippen MR) is 30.0 cm³/mol. The van der Waals surface area contributed by atoms with Crippen molar-refractivity contribution in [2.75, 3.05) is 0 Å². The number of thiol groups is 1. The molecule has 0 radical (unpaired) electrons. The number of hydrogen-bond donors (Lipinski definition) is 2. The minimum atomic E-state index is -3.12. The van der Waals surface area contributed by atoms with Crippen molar-refractivity contribution in [3.05, 3.63) is 0 Å². The molecule has 3 nitrogen and oxygen atoms in total. The fourth-order valence-electron chi connectivity index (χ4n) is 0. The molecule has 0 unspecified atom stereocenters. The van der Waals surface area contributed by atoms with E-state index in [0.717, 1.165) is 0 Å². The fourth-order valence-corrected chi connectivity index (χ4v) is 0. The molecule has 0 bridgehead atoms. The second-order valence-electron chi connectivity index (χ2n) is 0.238. The quantitative estimate of drug-likeness (QED) is 0.224. The van der Waals surface area contributed by atoms with Gasteiger partial charge in [0.25, 0.3) is 11.0 Å². The van der Waals surface area contributed by atoms with E-state index in [1.165, 1.54) is 0 Å². The second kappa shape index (κ2) is 10.0. The maximum Gasteiger partial charge on any atom is 0.316 e. The Kier molecular flexibility index (Phi) is 26.2. The van der Waals surface area contributed by atoms with Crippen molar-refractivity contribution in [1.82, 2.24) is 0 Å². The first kappa shape index (κ1) is 15.7. The van der Waals surface area contributed by atoms with Gasteiger partial charge >= 0.3 is 60.8 Å². The molecule has 0 saturated carbocycles. The van der Waals surface area contributed by atoms with Crippen LogP contribution in [0.15, 0.2) is 0 Å². The Hall–Kier alpha value is 1.94. The third-order valence-electron chi connectivity index (χ3n) is 0. The molecule has 0 heterocycles. The standard InChI is InChI=1S/Ca.Mg.H2O3S.4H/c;;1-4(2)3;;;;/h;;4H,(H,1,2,3);;;;. The Bertz CT molecular complexity index is 59.2. The van der Waals surface area contributed by atoms with E-state index < -0.39 is 11.0 Å². The molecule has 6 heteroatoms. The van der Waals surface area contributed by atoms with Crippen LogP contribution in [-0.4, -0.2) is 73.8 Å². The number of rotatable bonds is 0. The molecule has 34 valence electrons. The molecule has 6 heavy (non-hydrogen) atoms. The molecule has 0 spiro atoms. The third-order valence-corrected chi connectivity index (χ3v) is 0. The van der Waals surface area contributed by atoms with Crippen molar-refractivity contribution < 1.29 is 13.0 Å². The van der Waals surface area contributed by atoms with Gasteiger partial charge in [-0.1, -0.05) is 0 Å². The van der Waals surface area contributed by atoms with Crippen molar-refractivity contribution in [3.63, 3.8) is 0 Å². The van der Waals surface area contributed by atoms with E-state index in [1.54, 1.807) is 0 Å². The van der Waals surface area contributed by atoms with Gasteiger partial charge in [0.15, 0.2) is 0 Å². The maximum absolute atomic E-state index is 8.59. The van der Waals surface area contributed by atoms with Gasteiger partial charge in [-0.3, -0.25) is 4.55 Å². The molecule has 0 aliphatic rings. The van der Waals surface area contributed by atoms with E-state index >= 15 is 0 Å². The summed E-state index contributed by atoms with van der Waals surface area (Å²) in [5.74, 6) is 0. The average Bonchev–Trinajstić information content (AvgIpc) is 0.811. The van der Waals surface area contributed by atoms with Crippen LogP contribution in [-0.2, 0) is 11.0 Å². The number of hydrogen-bond acceptors (Lipinski definition) is 2. The zero-order valence-electron chi connectivity index (χ0n) is 1.71. The van der Waals surface area contributed by atoms with Gasteiger partial charge in [-0.15, -0.1) is 0 Å². The van der Waals surface area contributed by atoms with Crippen molar-refractivity contribution in [2.24, 2.45) is 0 Å². The van der Waals surface area contributed by atoms with Crippen LogP contribution in [0.1, 0.15) is 0 Å². The molecule has 0 aromatic rings. The third kappa shape index (κ3) is 38.6. The molecule has 1 N–H and O–H groups in total. The Balaban J connectivity index is -0.0000000450. The van der Waals surface area contributed by atoms with Crippen LogP contribution in [0.5, 0.6) is 0 Å². The van der Waals surface area contributed by atoms with Crippen molar-refractivity contribution >= 4 is 71.8 Å². The van der Waals surface area contributed by atoms with Gasteiger partial charge in [0.2, 0.25) is 0 Å². The summed E-state index contributed by atoms with van der Waals surface area (Å²) in [5, 5.41) is 0. The van der Waals surface area contributed by atoms with Gasteiger partial charge in [-0.2, -0.15) is 0 Å². The summed E-state index contributed by atoms with van der Waals surface area (Å²) in [5.41, 5.74) is 0. The summed E-state index contributed by atoms with van der Waals surface area (Å²) in [6, 6.07) is 0. The van der Waals surface area contributed by atoms with E-state index in [4.69, 9.17) is 13.0 Å². The molecule has 0 aromatic carbocycles. The summed E-state index contributed by atoms with van der Waals surface area (Å²) >= 11 is 0.